The Kier molecular flexibility index (Phi) is 8.37. The fourth-order valence-corrected chi connectivity index (χ4v) is 4.76. The minimum Gasteiger partial charge on any atom is -0.396 e. The molecule has 1 unspecified atom stereocenters. The van der Waals surface area contributed by atoms with Crippen LogP contribution >= 0.6 is 0 Å². The first-order chi connectivity index (χ1) is 14.6. The second kappa shape index (κ2) is 11.2. The second-order valence-corrected chi connectivity index (χ2v) is 9.47. The molecule has 2 N–H and O–H groups in total. The van der Waals surface area contributed by atoms with Crippen molar-refractivity contribution in [3.05, 3.63) is 72.6 Å². The standard InChI is InChI=1S/C24H30N2O3S/c27-19-21(9-5-8-20-10-6-15-25-18-20)7-3-4-16-26-30(28,29)24-14-13-22-11-1-2-12-23(22)17-24/h1-2,6,10-15,17-18,21,26-27H,3-5,7-9,16,19H2. The van der Waals surface area contributed by atoms with Crippen LogP contribution in [0.5, 0.6) is 0 Å². The van der Waals surface area contributed by atoms with E-state index in [1.54, 1.807) is 18.3 Å². The molecule has 6 heteroatoms. The van der Waals surface area contributed by atoms with Gasteiger partial charge in [0.2, 0.25) is 10.0 Å². The van der Waals surface area contributed by atoms with E-state index in [4.69, 9.17) is 0 Å². The largest absolute Gasteiger partial charge is 0.396 e. The van der Waals surface area contributed by atoms with Gasteiger partial charge in [0.15, 0.2) is 0 Å². The van der Waals surface area contributed by atoms with Gasteiger partial charge < -0.3 is 5.11 Å². The lowest BCUT2D eigenvalue weighted by atomic mass is 9.95. The van der Waals surface area contributed by atoms with Crippen LogP contribution in [-0.2, 0) is 16.4 Å². The molecule has 0 aliphatic rings. The van der Waals surface area contributed by atoms with Crippen molar-refractivity contribution < 1.29 is 13.5 Å². The van der Waals surface area contributed by atoms with Crippen LogP contribution in [-0.4, -0.2) is 31.7 Å². The van der Waals surface area contributed by atoms with Gasteiger partial charge in [-0.2, -0.15) is 0 Å². The fourth-order valence-electron chi connectivity index (χ4n) is 3.65. The molecule has 2 aromatic carbocycles. The van der Waals surface area contributed by atoms with Crippen LogP contribution in [0.15, 0.2) is 71.9 Å². The molecule has 5 nitrogen and oxygen atoms in total. The Morgan fingerprint density at radius 3 is 2.50 bits per heavy atom. The van der Waals surface area contributed by atoms with Crippen molar-refractivity contribution in [3.63, 3.8) is 0 Å². The van der Waals surface area contributed by atoms with Crippen molar-refractivity contribution in [3.8, 4) is 0 Å². The Morgan fingerprint density at radius 1 is 0.933 bits per heavy atom. The Balaban J connectivity index is 1.38. The van der Waals surface area contributed by atoms with Gasteiger partial charge in [-0.1, -0.05) is 42.8 Å². The maximum absolute atomic E-state index is 12.5. The zero-order valence-electron chi connectivity index (χ0n) is 17.2. The monoisotopic (exact) mass is 426 g/mol. The van der Waals surface area contributed by atoms with E-state index >= 15 is 0 Å². The highest BCUT2D eigenvalue weighted by Crippen LogP contribution is 2.19. The zero-order valence-corrected chi connectivity index (χ0v) is 18.0. The molecule has 30 heavy (non-hydrogen) atoms. The van der Waals surface area contributed by atoms with Crippen LogP contribution in [0.4, 0.5) is 0 Å². The molecule has 0 saturated heterocycles. The average Bonchev–Trinajstić information content (AvgIpc) is 2.78. The molecule has 0 aliphatic carbocycles. The summed E-state index contributed by atoms with van der Waals surface area (Å²) >= 11 is 0. The number of nitrogens with zero attached hydrogens (tertiary/aromatic N) is 1. The van der Waals surface area contributed by atoms with Crippen LogP contribution in [0, 0.1) is 5.92 Å². The van der Waals surface area contributed by atoms with Crippen molar-refractivity contribution in [1.82, 2.24) is 9.71 Å². The number of unbranched alkanes of at least 4 members (excludes halogenated alkanes) is 1. The van der Waals surface area contributed by atoms with E-state index in [0.29, 0.717) is 11.4 Å². The van der Waals surface area contributed by atoms with Gasteiger partial charge in [-0.25, -0.2) is 13.1 Å². The van der Waals surface area contributed by atoms with E-state index in [-0.39, 0.29) is 12.5 Å². The first-order valence-electron chi connectivity index (χ1n) is 10.6. The van der Waals surface area contributed by atoms with Gasteiger partial charge in [0.05, 0.1) is 4.90 Å². The molecule has 3 rings (SSSR count). The number of nitrogens with one attached hydrogen (secondary N) is 1. The van der Waals surface area contributed by atoms with Crippen molar-refractivity contribution in [2.24, 2.45) is 5.92 Å². The van der Waals surface area contributed by atoms with Crippen LogP contribution in [0.2, 0.25) is 0 Å². The molecule has 1 aromatic heterocycles. The number of fused-ring (bicyclic) bond motifs is 1. The third-order valence-electron chi connectivity index (χ3n) is 5.42. The van der Waals surface area contributed by atoms with Gasteiger partial charge in [-0.15, -0.1) is 0 Å². The van der Waals surface area contributed by atoms with Gasteiger partial charge in [-0.3, -0.25) is 4.98 Å². The lowest BCUT2D eigenvalue weighted by molar-refractivity contribution is 0.205. The molecule has 0 aliphatic heterocycles. The summed E-state index contributed by atoms with van der Waals surface area (Å²) in [4.78, 5) is 4.42. The smallest absolute Gasteiger partial charge is 0.240 e. The second-order valence-electron chi connectivity index (χ2n) is 7.70. The SMILES string of the molecule is O=S(=O)(NCCCCC(CO)CCCc1cccnc1)c1ccc2ccccc2c1. The molecule has 0 radical (unpaired) electrons. The third kappa shape index (κ3) is 6.62. The molecule has 1 atom stereocenters. The van der Waals surface area contributed by atoms with Gasteiger partial charge in [0.1, 0.15) is 0 Å². The van der Waals surface area contributed by atoms with Gasteiger partial charge in [0.25, 0.3) is 0 Å². The number of hydrogen-bond donors (Lipinski definition) is 2. The number of pyridine rings is 1. The molecule has 160 valence electrons. The molecule has 1 heterocycles. The van der Waals surface area contributed by atoms with Crippen LogP contribution in [0.3, 0.4) is 0 Å². The number of benzene rings is 2. The highest BCUT2D eigenvalue weighted by Gasteiger charge is 2.14. The molecule has 0 saturated carbocycles. The van der Waals surface area contributed by atoms with Gasteiger partial charge in [-0.05, 0) is 72.6 Å². The molecule has 0 fully saturated rings. The van der Waals surface area contributed by atoms with E-state index in [2.05, 4.69) is 15.8 Å². The zero-order chi connectivity index (χ0) is 21.2. The van der Waals surface area contributed by atoms with Crippen molar-refractivity contribution in [1.29, 1.82) is 0 Å². The fraction of sp³-hybridized carbons (Fsp3) is 0.375. The first-order valence-corrected chi connectivity index (χ1v) is 12.0. The number of aliphatic hydroxyl groups is 1. The number of hydrogen-bond acceptors (Lipinski definition) is 4. The highest BCUT2D eigenvalue weighted by atomic mass is 32.2. The molecule has 0 spiro atoms. The summed E-state index contributed by atoms with van der Waals surface area (Å²) in [5.41, 5.74) is 1.22. The van der Waals surface area contributed by atoms with E-state index in [9.17, 15) is 13.5 Å². The molecule has 0 amide bonds. The van der Waals surface area contributed by atoms with Crippen molar-refractivity contribution in [2.75, 3.05) is 13.2 Å². The summed E-state index contributed by atoms with van der Waals surface area (Å²) in [6, 6.07) is 16.9. The van der Waals surface area contributed by atoms with Crippen LogP contribution in [0.1, 0.15) is 37.7 Å². The quantitative estimate of drug-likeness (QED) is 0.423. The number of aliphatic hydroxyl groups excluding tert-OH is 1. The highest BCUT2D eigenvalue weighted by molar-refractivity contribution is 7.89. The van der Waals surface area contributed by atoms with Crippen molar-refractivity contribution >= 4 is 20.8 Å². The predicted octanol–water partition coefficient (Wildman–Crippen LogP) is 4.31. The Labute approximate surface area is 179 Å². The lowest BCUT2D eigenvalue weighted by Crippen LogP contribution is -2.25. The molecular weight excluding hydrogens is 396 g/mol. The number of aryl methyl sites for hydroxylation is 1. The van der Waals surface area contributed by atoms with Crippen LogP contribution in [0.25, 0.3) is 10.8 Å². The summed E-state index contributed by atoms with van der Waals surface area (Å²) in [5.74, 6) is 0.263. The number of rotatable bonds is 12. The lowest BCUT2D eigenvalue weighted by Gasteiger charge is -2.14. The van der Waals surface area contributed by atoms with E-state index in [1.807, 2.05) is 42.6 Å². The first kappa shape index (κ1) is 22.4. The Morgan fingerprint density at radius 2 is 1.73 bits per heavy atom. The Hall–Kier alpha value is -2.28. The summed E-state index contributed by atoms with van der Waals surface area (Å²) in [6.07, 6.45) is 9.16. The average molecular weight is 427 g/mol. The number of sulfonamides is 1. The summed E-state index contributed by atoms with van der Waals surface area (Å²) in [7, 11) is -3.51. The topological polar surface area (TPSA) is 79.3 Å². The summed E-state index contributed by atoms with van der Waals surface area (Å²) in [6.45, 7) is 0.582. The number of aromatic nitrogens is 1. The van der Waals surface area contributed by atoms with E-state index in [0.717, 1.165) is 49.3 Å². The van der Waals surface area contributed by atoms with Crippen LogP contribution < -0.4 is 4.72 Å². The van der Waals surface area contributed by atoms with E-state index in [1.165, 1.54) is 5.56 Å². The van der Waals surface area contributed by atoms with E-state index < -0.39 is 10.0 Å². The van der Waals surface area contributed by atoms with Gasteiger partial charge in [0, 0.05) is 25.5 Å². The minimum atomic E-state index is -3.51. The molecule has 0 bridgehead atoms. The molecule has 3 aromatic rings. The Bertz CT molecular complexity index is 1020. The van der Waals surface area contributed by atoms with Crippen molar-refractivity contribution in [2.45, 2.75) is 43.4 Å². The normalized spacial score (nSPS) is 12.8. The third-order valence-corrected chi connectivity index (χ3v) is 6.88. The van der Waals surface area contributed by atoms with Gasteiger partial charge >= 0.3 is 0 Å². The molecular formula is C24H30N2O3S. The maximum atomic E-state index is 12.5. The maximum Gasteiger partial charge on any atom is 0.240 e. The minimum absolute atomic E-state index is 0.176. The summed E-state index contributed by atoms with van der Waals surface area (Å²) in [5, 5.41) is 11.6. The predicted molar refractivity (Wildman–Crippen MR) is 121 cm³/mol. The summed E-state index contributed by atoms with van der Waals surface area (Å²) < 4.78 is 27.8.